The van der Waals surface area contributed by atoms with E-state index < -0.39 is 22.2 Å². The van der Waals surface area contributed by atoms with Crippen LogP contribution in [0.4, 0.5) is 0 Å². The zero-order valence-corrected chi connectivity index (χ0v) is 20.4. The minimum atomic E-state index is -0.999. The quantitative estimate of drug-likeness (QED) is 0.430. The van der Waals surface area contributed by atoms with Gasteiger partial charge in [0.1, 0.15) is 48.7 Å². The molecule has 2 N–H and O–H groups in total. The molecule has 0 aliphatic carbocycles. The molecule has 0 saturated heterocycles. The molecule has 0 radical (unpaired) electrons. The van der Waals surface area contributed by atoms with Crippen LogP contribution in [0.2, 0.25) is 0 Å². The third kappa shape index (κ3) is 4.75. The summed E-state index contributed by atoms with van der Waals surface area (Å²) in [6.45, 7) is 1.81. The molecule has 0 fully saturated rings. The average molecular weight is 588 g/mol. The molecule has 4 heterocycles. The number of halogens is 2. The molecule has 2 aliphatic heterocycles. The number of aliphatic hydroxyl groups is 2. The lowest BCUT2D eigenvalue weighted by Gasteiger charge is -2.29. The molecule has 30 heavy (non-hydrogen) atoms. The van der Waals surface area contributed by atoms with Crippen molar-refractivity contribution in [3.8, 4) is 23.0 Å². The molecule has 12 heteroatoms. The molecule has 2 aliphatic rings. The van der Waals surface area contributed by atoms with Crippen LogP contribution >= 0.6 is 54.5 Å². The van der Waals surface area contributed by atoms with Gasteiger partial charge in [0.2, 0.25) is 0 Å². The summed E-state index contributed by atoms with van der Waals surface area (Å²) in [6, 6.07) is 0. The number of rotatable bonds is 9. The van der Waals surface area contributed by atoms with Gasteiger partial charge in [-0.2, -0.15) is 0 Å². The van der Waals surface area contributed by atoms with E-state index in [9.17, 15) is 10.2 Å². The van der Waals surface area contributed by atoms with Crippen molar-refractivity contribution in [3.63, 3.8) is 0 Å². The van der Waals surface area contributed by atoms with Crippen LogP contribution in [0.1, 0.15) is 22.0 Å². The maximum absolute atomic E-state index is 10.4. The Labute approximate surface area is 197 Å². The van der Waals surface area contributed by atoms with Crippen molar-refractivity contribution < 1.29 is 38.6 Å². The normalized spacial score (nSPS) is 19.2. The second kappa shape index (κ2) is 10.3. The maximum atomic E-state index is 10.4. The van der Waals surface area contributed by atoms with E-state index in [4.69, 9.17) is 28.4 Å². The highest BCUT2D eigenvalue weighted by Gasteiger charge is 2.36. The third-order valence-electron chi connectivity index (χ3n) is 4.33. The highest BCUT2D eigenvalue weighted by molar-refractivity contribution is 9.09. The number of hydrogen-bond acceptors (Lipinski definition) is 10. The zero-order chi connectivity index (χ0) is 21.1. The Kier molecular flexibility index (Phi) is 7.79. The standard InChI is InChI=1S/C18H20Br2O8S2/c19-17(22)13(15-11-9(7-29-15)23-3-5-26-11)28-18(20)14(25-2-1-21)16-12-10(8-30-16)24-4-6-27-12/h7-8,13-14,17-18,21-22H,1-6H2. The van der Waals surface area contributed by atoms with Gasteiger partial charge >= 0.3 is 0 Å². The first kappa shape index (κ1) is 22.6. The number of thiophene rings is 2. The molecule has 0 bridgehead atoms. The lowest BCUT2D eigenvalue weighted by molar-refractivity contribution is -0.0841. The summed E-state index contributed by atoms with van der Waals surface area (Å²) >= 11 is 9.59. The van der Waals surface area contributed by atoms with Crippen molar-refractivity contribution in [2.24, 2.45) is 0 Å². The van der Waals surface area contributed by atoms with Crippen molar-refractivity contribution in [3.05, 3.63) is 20.5 Å². The molecule has 8 nitrogen and oxygen atoms in total. The Morgan fingerprint density at radius 3 is 1.97 bits per heavy atom. The van der Waals surface area contributed by atoms with Gasteiger partial charge in [-0.3, -0.25) is 0 Å². The second-order valence-corrected chi connectivity index (χ2v) is 9.94. The van der Waals surface area contributed by atoms with Gasteiger partial charge in [-0.15, -0.1) is 22.7 Å². The van der Waals surface area contributed by atoms with E-state index >= 15 is 0 Å². The minimum absolute atomic E-state index is 0.108. The number of ether oxygens (including phenoxy) is 6. The fourth-order valence-corrected chi connectivity index (χ4v) is 6.45. The Balaban J connectivity index is 1.58. The van der Waals surface area contributed by atoms with E-state index in [1.54, 1.807) is 0 Å². The minimum Gasteiger partial charge on any atom is -0.485 e. The van der Waals surface area contributed by atoms with E-state index in [-0.39, 0.29) is 13.2 Å². The van der Waals surface area contributed by atoms with E-state index in [2.05, 4.69) is 31.9 Å². The van der Waals surface area contributed by atoms with Crippen LogP contribution < -0.4 is 18.9 Å². The Hall–Kier alpha value is -0.600. The topological polar surface area (TPSA) is 95.8 Å². The van der Waals surface area contributed by atoms with Gasteiger partial charge in [0.25, 0.3) is 0 Å². The molecule has 2 aromatic heterocycles. The largest absolute Gasteiger partial charge is 0.485 e. The van der Waals surface area contributed by atoms with Crippen molar-refractivity contribution >= 4 is 54.5 Å². The van der Waals surface area contributed by atoms with Gasteiger partial charge in [-0.25, -0.2) is 0 Å². The smallest absolute Gasteiger partial charge is 0.178 e. The van der Waals surface area contributed by atoms with Gasteiger partial charge in [0.05, 0.1) is 23.0 Å². The Morgan fingerprint density at radius 1 is 0.900 bits per heavy atom. The molecule has 166 valence electrons. The Morgan fingerprint density at radius 2 is 1.43 bits per heavy atom. The van der Waals surface area contributed by atoms with Crippen LogP contribution in [0.15, 0.2) is 10.8 Å². The molecule has 2 aromatic rings. The predicted molar refractivity (Wildman–Crippen MR) is 118 cm³/mol. The van der Waals surface area contributed by atoms with E-state index in [0.717, 1.165) is 4.88 Å². The van der Waals surface area contributed by atoms with Crippen LogP contribution in [0.25, 0.3) is 0 Å². The van der Waals surface area contributed by atoms with Gasteiger partial charge in [-0.1, -0.05) is 31.9 Å². The molecule has 4 atom stereocenters. The summed E-state index contributed by atoms with van der Waals surface area (Å²) < 4.78 is 34.8. The maximum Gasteiger partial charge on any atom is 0.178 e. The molecular weight excluding hydrogens is 568 g/mol. The summed E-state index contributed by atoms with van der Waals surface area (Å²) in [5, 5.41) is 21.7. The number of fused-ring (bicyclic) bond motifs is 2. The highest BCUT2D eigenvalue weighted by Crippen LogP contribution is 2.49. The van der Waals surface area contributed by atoms with Crippen LogP contribution in [0, 0.1) is 0 Å². The molecular formula is C18H20Br2O8S2. The monoisotopic (exact) mass is 586 g/mol. The van der Waals surface area contributed by atoms with E-state index in [1.165, 1.54) is 22.7 Å². The SMILES string of the molecule is OCCOC(c1scc2c1OCCO2)C(Br)OC(c1scc2c1OCCO2)C(O)Br. The van der Waals surface area contributed by atoms with Crippen LogP contribution in [-0.2, 0) is 9.47 Å². The third-order valence-corrected chi connectivity index (χ3v) is 7.51. The van der Waals surface area contributed by atoms with Gasteiger partial charge in [-0.05, 0) is 0 Å². The lowest BCUT2D eigenvalue weighted by atomic mass is 10.2. The van der Waals surface area contributed by atoms with E-state index in [0.29, 0.717) is 54.3 Å². The summed E-state index contributed by atoms with van der Waals surface area (Å²) in [7, 11) is 0. The van der Waals surface area contributed by atoms with Crippen molar-refractivity contribution in [1.82, 2.24) is 0 Å². The summed E-state index contributed by atoms with van der Waals surface area (Å²) in [5.74, 6) is 2.49. The second-order valence-electron chi connectivity index (χ2n) is 6.28. The summed E-state index contributed by atoms with van der Waals surface area (Å²) in [5.41, 5.74) is 0. The Bertz CT molecular complexity index is 842. The van der Waals surface area contributed by atoms with Crippen LogP contribution in [-0.4, -0.2) is 59.9 Å². The zero-order valence-electron chi connectivity index (χ0n) is 15.6. The molecule has 0 saturated carbocycles. The van der Waals surface area contributed by atoms with Crippen LogP contribution in [0.5, 0.6) is 23.0 Å². The number of aliphatic hydroxyl groups excluding tert-OH is 2. The first-order valence-electron chi connectivity index (χ1n) is 9.18. The average Bonchev–Trinajstić information content (AvgIpc) is 3.37. The molecule has 0 spiro atoms. The molecule has 0 amide bonds. The fourth-order valence-electron chi connectivity index (χ4n) is 3.07. The fraction of sp³-hybridized carbons (Fsp3) is 0.556. The van der Waals surface area contributed by atoms with Gasteiger partial charge in [0, 0.05) is 10.8 Å². The van der Waals surface area contributed by atoms with Crippen molar-refractivity contribution in [1.29, 1.82) is 0 Å². The number of alkyl halides is 2. The molecule has 4 unspecified atom stereocenters. The van der Waals surface area contributed by atoms with Crippen LogP contribution in [0.3, 0.4) is 0 Å². The summed E-state index contributed by atoms with van der Waals surface area (Å²) in [6.07, 6.45) is -1.35. The highest BCUT2D eigenvalue weighted by atomic mass is 79.9. The van der Waals surface area contributed by atoms with Gasteiger partial charge in [0.15, 0.2) is 23.0 Å². The summed E-state index contributed by atoms with van der Waals surface area (Å²) in [4.78, 5) is 1.47. The van der Waals surface area contributed by atoms with Crippen molar-refractivity contribution in [2.75, 3.05) is 39.6 Å². The first-order chi connectivity index (χ1) is 14.6. The number of hydrogen-bond donors (Lipinski definition) is 2. The van der Waals surface area contributed by atoms with Crippen molar-refractivity contribution in [2.45, 2.75) is 22.2 Å². The predicted octanol–water partition coefficient (Wildman–Crippen LogP) is 3.59. The van der Waals surface area contributed by atoms with E-state index in [1.807, 2.05) is 10.8 Å². The molecule has 4 rings (SSSR count). The first-order valence-corrected chi connectivity index (χ1v) is 12.8. The lowest BCUT2D eigenvalue weighted by Crippen LogP contribution is -2.26. The molecule has 0 aromatic carbocycles. The van der Waals surface area contributed by atoms with Gasteiger partial charge < -0.3 is 38.6 Å².